The Labute approximate surface area is 589 Å². The molecule has 0 spiro atoms. The minimum Gasteiger partial charge on any atom is -0.311 e. The molecule has 0 saturated carbocycles. The fourth-order valence-corrected chi connectivity index (χ4v) is 16.2. The molecule has 2 aliphatic heterocycles. The van der Waals surface area contributed by atoms with Crippen LogP contribution in [-0.4, -0.2) is 15.8 Å². The molecule has 14 aromatic carbocycles. The van der Waals surface area contributed by atoms with Gasteiger partial charge in [0.2, 0.25) is 0 Å². The second-order valence-electron chi connectivity index (χ2n) is 29.1. The summed E-state index contributed by atoms with van der Waals surface area (Å²) in [7, 11) is 0. The van der Waals surface area contributed by atoms with Gasteiger partial charge in [-0.2, -0.15) is 10.5 Å². The number of hydrogen-bond acceptors (Lipinski definition) is 4. The average Bonchev–Trinajstić information content (AvgIpc) is 1.46. The average molecular weight is 1290 g/mol. The summed E-state index contributed by atoms with van der Waals surface area (Å²) in [6.07, 6.45) is 0. The third-order valence-electron chi connectivity index (χ3n) is 21.1. The molecule has 0 unspecified atom stereocenters. The SMILES string of the molecule is CC(C)(C)c1cc(-c2cc3c4c(c2)N(c2ccccc2-c2ccccc2)c2cc(-c5cc(C#N)ccc5-n5c6ccccc6c6ccccc65)ccc2B4c2ccc(-c4cc(-n5c6ccccc6c6ccccc65)ccc4C#N)cc2N3c2ccccc2-c2ccccc2)cc(C(C)(C)C)c1. The van der Waals surface area contributed by atoms with Gasteiger partial charge in [0.1, 0.15) is 0 Å². The van der Waals surface area contributed by atoms with Gasteiger partial charge in [0, 0.05) is 72.2 Å². The van der Waals surface area contributed by atoms with Crippen molar-refractivity contribution in [3.63, 3.8) is 0 Å². The van der Waals surface area contributed by atoms with E-state index in [1.807, 2.05) is 12.1 Å². The molecule has 0 fully saturated rings. The summed E-state index contributed by atoms with van der Waals surface area (Å²) in [6, 6.07) is 118. The minimum absolute atomic E-state index is 0.169. The van der Waals surface area contributed by atoms with Gasteiger partial charge in [-0.3, -0.25) is 0 Å². The van der Waals surface area contributed by atoms with Crippen LogP contribution in [0.25, 0.3) is 111 Å². The number of nitrogens with zero attached hydrogens (tertiary/aromatic N) is 6. The second kappa shape index (κ2) is 23.5. The van der Waals surface area contributed by atoms with Gasteiger partial charge < -0.3 is 18.9 Å². The van der Waals surface area contributed by atoms with Crippen molar-refractivity contribution >= 4 is 101 Å². The van der Waals surface area contributed by atoms with E-state index in [0.29, 0.717) is 11.1 Å². The molecule has 2 aliphatic rings. The van der Waals surface area contributed by atoms with Crippen LogP contribution in [0.15, 0.2) is 309 Å². The number of hydrogen-bond donors (Lipinski definition) is 0. The highest BCUT2D eigenvalue weighted by molar-refractivity contribution is 7.00. The van der Waals surface area contributed by atoms with Crippen molar-refractivity contribution in [3.05, 3.63) is 332 Å². The molecule has 2 aromatic heterocycles. The van der Waals surface area contributed by atoms with Gasteiger partial charge in [0.15, 0.2) is 0 Å². The smallest absolute Gasteiger partial charge is 0.252 e. The molecule has 101 heavy (non-hydrogen) atoms. The van der Waals surface area contributed by atoms with Gasteiger partial charge in [-0.1, -0.05) is 254 Å². The lowest BCUT2D eigenvalue weighted by Crippen LogP contribution is -2.61. The molecule has 0 amide bonds. The summed E-state index contributed by atoms with van der Waals surface area (Å²) < 4.78 is 4.72. The zero-order valence-corrected chi connectivity index (χ0v) is 57.2. The molecule has 6 nitrogen and oxygen atoms in total. The number of aromatic nitrogens is 2. The molecular weight excluding hydrogens is 1220 g/mol. The van der Waals surface area contributed by atoms with Gasteiger partial charge in [-0.15, -0.1) is 0 Å². The summed E-state index contributed by atoms with van der Waals surface area (Å²) >= 11 is 0. The van der Waals surface area contributed by atoms with Crippen molar-refractivity contribution in [2.45, 2.75) is 52.4 Å². The van der Waals surface area contributed by atoms with E-state index < -0.39 is 0 Å². The summed E-state index contributed by atoms with van der Waals surface area (Å²) in [6.45, 7) is 13.6. The number of fused-ring (bicyclic) bond motifs is 10. The van der Waals surface area contributed by atoms with E-state index in [1.54, 1.807) is 0 Å². The van der Waals surface area contributed by atoms with Crippen molar-refractivity contribution in [1.82, 2.24) is 9.13 Å². The maximum Gasteiger partial charge on any atom is 0.252 e. The van der Waals surface area contributed by atoms with Crippen LogP contribution in [0.2, 0.25) is 0 Å². The second-order valence-corrected chi connectivity index (χ2v) is 29.1. The largest absolute Gasteiger partial charge is 0.311 e. The maximum absolute atomic E-state index is 11.3. The van der Waals surface area contributed by atoms with Crippen LogP contribution in [0.3, 0.4) is 0 Å². The molecule has 16 aromatic rings. The fourth-order valence-electron chi connectivity index (χ4n) is 16.2. The number of benzene rings is 14. The topological polar surface area (TPSA) is 63.9 Å². The Morgan fingerprint density at radius 2 is 0.713 bits per heavy atom. The minimum atomic E-state index is -0.310. The summed E-state index contributed by atoms with van der Waals surface area (Å²) in [5, 5.41) is 26.9. The lowest BCUT2D eigenvalue weighted by molar-refractivity contribution is 0.569. The Balaban J connectivity index is 0.967. The van der Waals surface area contributed by atoms with Crippen molar-refractivity contribution < 1.29 is 0 Å². The van der Waals surface area contributed by atoms with Crippen LogP contribution in [0, 0.1) is 22.7 Å². The predicted molar refractivity (Wildman–Crippen MR) is 423 cm³/mol. The molecule has 4 heterocycles. The Morgan fingerprint density at radius 1 is 0.287 bits per heavy atom. The number of para-hydroxylation sites is 6. The summed E-state index contributed by atoms with van der Waals surface area (Å²) in [5.74, 6) is 0. The highest BCUT2D eigenvalue weighted by atomic mass is 15.2. The first-order valence-corrected chi connectivity index (χ1v) is 34.9. The van der Waals surface area contributed by atoms with Crippen LogP contribution < -0.4 is 26.2 Å². The monoisotopic (exact) mass is 1290 g/mol. The number of rotatable bonds is 9. The van der Waals surface area contributed by atoms with Crippen LogP contribution in [-0.2, 0) is 10.8 Å². The number of nitriles is 2. The first-order valence-electron chi connectivity index (χ1n) is 34.9. The van der Waals surface area contributed by atoms with Crippen LogP contribution >= 0.6 is 0 Å². The van der Waals surface area contributed by atoms with E-state index in [1.165, 1.54) is 27.4 Å². The fraction of sp³-hybridized carbons (Fsp3) is 0.0851. The molecule has 0 saturated heterocycles. The van der Waals surface area contributed by atoms with Crippen molar-refractivity contribution in [2.24, 2.45) is 0 Å². The molecule has 0 bridgehead atoms. The Kier molecular flexibility index (Phi) is 14.1. The zero-order chi connectivity index (χ0) is 68.4. The van der Waals surface area contributed by atoms with E-state index in [-0.39, 0.29) is 17.5 Å². The highest BCUT2D eigenvalue weighted by Crippen LogP contribution is 2.52. The van der Waals surface area contributed by atoms with E-state index in [0.717, 1.165) is 145 Å². The highest BCUT2D eigenvalue weighted by Gasteiger charge is 2.45. The summed E-state index contributed by atoms with van der Waals surface area (Å²) in [4.78, 5) is 5.11. The third-order valence-corrected chi connectivity index (χ3v) is 21.1. The van der Waals surface area contributed by atoms with Crippen molar-refractivity contribution in [1.29, 1.82) is 10.5 Å². The van der Waals surface area contributed by atoms with E-state index in [4.69, 9.17) is 0 Å². The van der Waals surface area contributed by atoms with E-state index in [9.17, 15) is 10.5 Å². The lowest BCUT2D eigenvalue weighted by atomic mass is 9.33. The molecular formula is C94H69BN6. The molecule has 0 N–H and O–H groups in total. The standard InChI is InChI=1S/C94H69BN6/c1-93(2,3)68-50-66(51-69(56-68)94(4,5)6)67-54-90-92-91(55-67)101(82-36-20-14-30-72(82)62-27-11-8-12-28-62)89-53-64(78-49-60(58-96)41-48-87(78)99-85-39-23-17-33-75(85)76-34-18-24-40-86(76)99)44-47-80(89)95(92)79-46-43-63(52-88(79)100(90)81-35-19-13-29-71(81)61-25-9-7-10-26-61)77-57-70(45-42-65(77)59-97)98-83-37-21-15-31-73(83)74-32-16-22-38-84(74)98/h7-57H,1-6H3. The first-order chi connectivity index (χ1) is 49.3. The zero-order valence-electron chi connectivity index (χ0n) is 57.2. The summed E-state index contributed by atoms with van der Waals surface area (Å²) in [5.41, 5.74) is 29.6. The van der Waals surface area contributed by atoms with Crippen molar-refractivity contribution in [2.75, 3.05) is 9.80 Å². The molecule has 18 rings (SSSR count). The molecule has 0 radical (unpaired) electrons. The number of anilines is 6. The van der Waals surface area contributed by atoms with E-state index >= 15 is 0 Å². The van der Waals surface area contributed by atoms with Crippen LogP contribution in [0.4, 0.5) is 34.1 Å². The van der Waals surface area contributed by atoms with Crippen LogP contribution in [0.5, 0.6) is 0 Å². The van der Waals surface area contributed by atoms with Gasteiger partial charge in [-0.25, -0.2) is 0 Å². The third kappa shape index (κ3) is 9.91. The van der Waals surface area contributed by atoms with Crippen molar-refractivity contribution in [3.8, 4) is 79.1 Å². The predicted octanol–water partition coefficient (Wildman–Crippen LogP) is 22.6. The normalized spacial score (nSPS) is 12.6. The van der Waals surface area contributed by atoms with Crippen LogP contribution in [0.1, 0.15) is 63.8 Å². The quantitative estimate of drug-likeness (QED) is 0.135. The molecule has 0 atom stereocenters. The van der Waals surface area contributed by atoms with E-state index in [2.05, 4.69) is 370 Å². The van der Waals surface area contributed by atoms with Gasteiger partial charge in [0.05, 0.1) is 62.4 Å². The van der Waals surface area contributed by atoms with Gasteiger partial charge >= 0.3 is 0 Å². The Bertz CT molecular complexity index is 6030. The van der Waals surface area contributed by atoms with Gasteiger partial charge in [-0.05, 0) is 169 Å². The Morgan fingerprint density at radius 3 is 1.19 bits per heavy atom. The maximum atomic E-state index is 11.3. The van der Waals surface area contributed by atoms with Gasteiger partial charge in [0.25, 0.3) is 6.71 Å². The molecule has 7 heteroatoms. The molecule has 478 valence electrons. The first kappa shape index (κ1) is 60.7. The Hall–Kier alpha value is -12.7. The molecule has 0 aliphatic carbocycles. The lowest BCUT2D eigenvalue weighted by Gasteiger charge is -2.45.